The van der Waals surface area contributed by atoms with Gasteiger partial charge < -0.3 is 18.3 Å². The van der Waals surface area contributed by atoms with Crippen molar-refractivity contribution in [3.63, 3.8) is 0 Å². The summed E-state index contributed by atoms with van der Waals surface area (Å²) < 4.78 is 20.7. The number of thiophene rings is 4. The van der Waals surface area contributed by atoms with E-state index in [1.165, 1.54) is 148 Å². The summed E-state index contributed by atoms with van der Waals surface area (Å²) in [6.07, 6.45) is 8.28. The molecule has 0 unspecified atom stereocenters. The molecule has 0 saturated carbocycles. The molecule has 0 aliphatic heterocycles. The predicted molar refractivity (Wildman–Crippen MR) is 621 cm³/mol. The zero-order valence-corrected chi connectivity index (χ0v) is 99.7. The van der Waals surface area contributed by atoms with Crippen LogP contribution in [0, 0.1) is 71.6 Å². The van der Waals surface area contributed by atoms with Gasteiger partial charge in [0.25, 0.3) is 0 Å². The van der Waals surface area contributed by atoms with Crippen molar-refractivity contribution in [3.05, 3.63) is 384 Å². The minimum Gasteiger partial charge on any atom is -0.333 e. The molecule has 0 saturated heterocycles. The molecule has 0 aliphatic carbocycles. The molecule has 0 amide bonds. The second-order valence-corrected chi connectivity index (χ2v) is 46.5. The van der Waals surface area contributed by atoms with E-state index in [0.29, 0.717) is 47.3 Å². The number of nitrogens with zero attached hydrogens (tertiary/aromatic N) is 8. The van der Waals surface area contributed by atoms with Crippen LogP contribution in [0.25, 0.3) is 193 Å². The van der Waals surface area contributed by atoms with E-state index in [4.69, 9.17) is 19.9 Å². The third-order valence-corrected chi connectivity index (χ3v) is 31.9. The van der Waals surface area contributed by atoms with Crippen molar-refractivity contribution >= 4 is 170 Å². The number of hydrogen-bond donors (Lipinski definition) is 0. The summed E-state index contributed by atoms with van der Waals surface area (Å²) in [5, 5.41) is 11.0. The first-order valence-corrected chi connectivity index (χ1v) is 54.9. The fourth-order valence-electron chi connectivity index (χ4n) is 21.7. The first kappa shape index (κ1) is 108. The summed E-state index contributed by atoms with van der Waals surface area (Å²) in [6.45, 7) is 37.2. The van der Waals surface area contributed by atoms with Gasteiger partial charge in [-0.15, -0.1) is 189 Å². The van der Waals surface area contributed by atoms with Crippen LogP contribution in [-0.4, -0.2) is 38.2 Å². The molecule has 0 bridgehead atoms. The Morgan fingerprint density at radius 3 is 0.905 bits per heavy atom. The molecule has 0 atom stereocenters. The van der Waals surface area contributed by atoms with E-state index < -0.39 is 0 Å². The topological polar surface area (TPSA) is 71.3 Å². The average Bonchev–Trinajstić information content (AvgIpc) is 1.57. The second-order valence-electron chi connectivity index (χ2n) is 42.3. The van der Waals surface area contributed by atoms with Crippen LogP contribution in [0.15, 0.2) is 315 Å². The van der Waals surface area contributed by atoms with E-state index in [2.05, 4.69) is 420 Å². The van der Waals surface area contributed by atoms with Crippen molar-refractivity contribution in [3.8, 4) is 68.3 Å². The average molecular weight is 2720 g/mol. The van der Waals surface area contributed by atoms with E-state index in [1.54, 1.807) is 0 Å². The van der Waals surface area contributed by atoms with Gasteiger partial charge in [0.05, 0.1) is 83.5 Å². The second kappa shape index (κ2) is 47.2. The first-order valence-electron chi connectivity index (χ1n) is 51.7. The molecule has 0 aliphatic rings. The summed E-state index contributed by atoms with van der Waals surface area (Å²) >= 11 is 7.72. The molecular formula is C132H124Ir4N8S4-4. The van der Waals surface area contributed by atoms with E-state index >= 15 is 0 Å². The Labute approximate surface area is 941 Å². The van der Waals surface area contributed by atoms with Gasteiger partial charge in [0.1, 0.15) is 0 Å². The van der Waals surface area contributed by atoms with Gasteiger partial charge in [-0.2, -0.15) is 0 Å². The fraction of sp³-hybridized carbons (Fsp3) is 0.242. The largest absolute Gasteiger partial charge is 0.333 e. The SMILES string of the molecule is CC(C)Cc1cc(CC(C)C)c2c(sc3ccccc32)c1-n1c(-c2[c-]cccc2)nc2ccccc21.CC(C)Cc1cc(CC(C)C)c2sc3ccccc3c2c1-n1c(-c2[c-]cccc2)nc2ccccc21.CC(C)Cc1cc2c(sc3ccccc32)c(CC(C)C)c1-n1c(-c2[c-]cccc2)nc2ccccc21.CC(C)Cc1cc2sc3ccccc3c2c(CC(C)C)c1-n1c(-c2[c-]cccc2)nc2ccccc21.[Ir].[Ir].[Ir].[Ir]. The summed E-state index contributed by atoms with van der Waals surface area (Å²) in [5.74, 6) is 8.26. The Morgan fingerprint density at radius 1 is 0.216 bits per heavy atom. The third-order valence-electron chi connectivity index (χ3n) is 27.1. The Morgan fingerprint density at radius 2 is 0.500 bits per heavy atom. The van der Waals surface area contributed by atoms with Crippen molar-refractivity contribution < 1.29 is 80.4 Å². The van der Waals surface area contributed by atoms with Gasteiger partial charge in [-0.1, -0.05) is 244 Å². The zero-order valence-electron chi connectivity index (χ0n) is 86.8. The van der Waals surface area contributed by atoms with Crippen LogP contribution >= 0.6 is 45.3 Å². The number of aromatic nitrogens is 8. The van der Waals surface area contributed by atoms with E-state index in [9.17, 15) is 0 Å². The van der Waals surface area contributed by atoms with Crippen LogP contribution in [0.2, 0.25) is 0 Å². The number of hydrogen-bond acceptors (Lipinski definition) is 8. The van der Waals surface area contributed by atoms with Crippen molar-refractivity contribution in [2.45, 2.75) is 162 Å². The molecule has 8 aromatic heterocycles. The number of rotatable bonds is 24. The standard InChI is InChI=1S/4C33H31N2S.4Ir/c1-21(2)18-24-20-25(19-22(3)4)32-30(26-14-8-11-17-29(26)36-32)31(24)35-28-16-10-9-15-27(28)34-33(35)23-12-6-5-7-13-23;1-21(2)18-24-20-25(19-22(3)4)31(32-30(24)26-14-8-11-17-29(26)36-32)35-28-16-10-9-15-27(28)34-33(35)23-12-6-5-7-13-23;1-21(2)18-24-20-26-25-14-8-11-17-30(25)36-32(26)27(19-22(3)4)31(24)35-29-16-10-9-15-28(29)34-33(35)23-12-6-5-7-13-23;1-21(2)18-24-20-30-31(25-14-8-11-17-29(25)36-30)26(19-22(3)4)32(24)35-28-16-10-9-15-27(28)34-33(35)23-12-6-5-7-13-23;;;;/h4*5-12,14-17,20-22H,18-19H2,1-4H3;;;;/q4*-1;;;;. The van der Waals surface area contributed by atoms with Gasteiger partial charge in [-0.3, -0.25) is 19.9 Å². The number of imidazole rings is 4. The Hall–Kier alpha value is -11.1. The van der Waals surface area contributed by atoms with Crippen LogP contribution < -0.4 is 0 Å². The van der Waals surface area contributed by atoms with Crippen LogP contribution in [-0.2, 0) is 132 Å². The third kappa shape index (κ3) is 21.8. The predicted octanol–water partition coefficient (Wildman–Crippen LogP) is 37.0. The molecular weight excluding hydrogens is 2590 g/mol. The molecule has 4 radical (unpaired) electrons. The molecule has 0 fully saturated rings. The maximum absolute atomic E-state index is 5.16. The number of benzene rings is 16. The normalized spacial score (nSPS) is 11.7. The van der Waals surface area contributed by atoms with E-state index in [-0.39, 0.29) is 80.4 Å². The summed E-state index contributed by atoms with van der Waals surface area (Å²) in [4.78, 5) is 20.6. The minimum atomic E-state index is 0. The quantitative estimate of drug-likeness (QED) is 0.0565. The molecule has 16 heteroatoms. The Kier molecular flexibility index (Phi) is 34.5. The Balaban J connectivity index is 0.000000133. The monoisotopic (exact) mass is 2720 g/mol. The van der Waals surface area contributed by atoms with Crippen molar-refractivity contribution in [2.75, 3.05) is 0 Å². The summed E-state index contributed by atoms with van der Waals surface area (Å²) in [5.41, 5.74) is 29.4. The van der Waals surface area contributed by atoms with Crippen molar-refractivity contribution in [1.29, 1.82) is 0 Å². The van der Waals surface area contributed by atoms with Gasteiger partial charge in [-0.25, -0.2) is 0 Å². The molecule has 756 valence electrons. The molecule has 148 heavy (non-hydrogen) atoms. The first-order chi connectivity index (χ1) is 70.0. The fourth-order valence-corrected chi connectivity index (χ4v) is 26.7. The van der Waals surface area contributed by atoms with Gasteiger partial charge in [0.2, 0.25) is 0 Å². The zero-order chi connectivity index (χ0) is 99.2. The smallest absolute Gasteiger partial charge is 0.0774 e. The molecule has 24 aromatic rings. The molecule has 24 rings (SSSR count). The van der Waals surface area contributed by atoms with E-state index in [1.807, 2.05) is 93.9 Å². The molecule has 8 nitrogen and oxygen atoms in total. The number of para-hydroxylation sites is 8. The summed E-state index contributed by atoms with van der Waals surface area (Å²) in [7, 11) is 0. The maximum atomic E-state index is 5.16. The van der Waals surface area contributed by atoms with Crippen LogP contribution in [0.4, 0.5) is 0 Å². The molecule has 0 spiro atoms. The van der Waals surface area contributed by atoms with Gasteiger partial charge in [-0.05, 0) is 228 Å². The van der Waals surface area contributed by atoms with Crippen LogP contribution in [0.1, 0.15) is 155 Å². The summed E-state index contributed by atoms with van der Waals surface area (Å²) in [6, 6.07) is 126. The van der Waals surface area contributed by atoms with Gasteiger partial charge in [0, 0.05) is 168 Å². The van der Waals surface area contributed by atoms with E-state index in [0.717, 1.165) is 141 Å². The Bertz CT molecular complexity index is 8770. The molecule has 0 N–H and O–H groups in total. The van der Waals surface area contributed by atoms with Crippen molar-refractivity contribution in [1.82, 2.24) is 38.2 Å². The number of fused-ring (bicyclic) bond motifs is 16. The molecule has 8 heterocycles. The van der Waals surface area contributed by atoms with Gasteiger partial charge >= 0.3 is 0 Å². The van der Waals surface area contributed by atoms with Crippen LogP contribution in [0.5, 0.6) is 0 Å². The maximum Gasteiger partial charge on any atom is 0.0774 e. The van der Waals surface area contributed by atoms with Crippen LogP contribution in [0.3, 0.4) is 0 Å². The minimum absolute atomic E-state index is 0. The molecule has 16 aromatic carbocycles. The van der Waals surface area contributed by atoms with Crippen molar-refractivity contribution in [2.24, 2.45) is 47.3 Å². The van der Waals surface area contributed by atoms with Gasteiger partial charge in [0.15, 0.2) is 0 Å².